The molecule has 0 aliphatic rings. The molecule has 0 aliphatic carbocycles. The second-order valence-electron chi connectivity index (χ2n) is 9.15. The van der Waals surface area contributed by atoms with Crippen LogP contribution in [0, 0.1) is 19.7 Å². The molecule has 5 rings (SSSR count). The van der Waals surface area contributed by atoms with Crippen LogP contribution < -0.4 is 14.9 Å². The number of benzene rings is 3. The van der Waals surface area contributed by atoms with Crippen LogP contribution in [0.1, 0.15) is 38.8 Å². The third-order valence-corrected chi connectivity index (χ3v) is 6.22. The lowest BCUT2D eigenvalue weighted by Gasteiger charge is -2.10. The molecule has 0 bridgehead atoms. The third-order valence-electron chi connectivity index (χ3n) is 6.22. The van der Waals surface area contributed by atoms with Crippen molar-refractivity contribution in [3.63, 3.8) is 0 Å². The molecule has 0 spiro atoms. The van der Waals surface area contributed by atoms with E-state index in [4.69, 9.17) is 13.9 Å². The van der Waals surface area contributed by atoms with Gasteiger partial charge in [0, 0.05) is 22.6 Å². The average molecular weight is 538 g/mol. The van der Waals surface area contributed by atoms with Gasteiger partial charge in [0.2, 0.25) is 0 Å². The molecule has 1 amide bonds. The van der Waals surface area contributed by atoms with Crippen LogP contribution in [0.15, 0.2) is 107 Å². The van der Waals surface area contributed by atoms with Gasteiger partial charge in [0.15, 0.2) is 5.76 Å². The Bertz CT molecular complexity index is 1620. The normalized spacial score (nSPS) is 11.1. The Kier molecular flexibility index (Phi) is 8.06. The van der Waals surface area contributed by atoms with Gasteiger partial charge in [-0.2, -0.15) is 5.10 Å². The van der Waals surface area contributed by atoms with Crippen LogP contribution in [0.5, 0.6) is 11.5 Å². The quantitative estimate of drug-likeness (QED) is 0.158. The van der Waals surface area contributed by atoms with Gasteiger partial charge in [-0.15, -0.1) is 0 Å². The molecule has 0 fully saturated rings. The van der Waals surface area contributed by atoms with Crippen molar-refractivity contribution in [3.05, 3.63) is 137 Å². The van der Waals surface area contributed by atoms with Crippen molar-refractivity contribution in [2.45, 2.75) is 27.1 Å². The Labute approximate surface area is 231 Å². The fraction of sp³-hybridized carbons (Fsp3) is 0.125. The van der Waals surface area contributed by atoms with Crippen LogP contribution in [0.4, 0.5) is 4.39 Å². The molecule has 1 N–H and O–H groups in total. The van der Waals surface area contributed by atoms with Gasteiger partial charge in [-0.3, -0.25) is 4.79 Å². The molecule has 7 nitrogen and oxygen atoms in total. The summed E-state index contributed by atoms with van der Waals surface area (Å²) < 4.78 is 33.1. The Morgan fingerprint density at radius 1 is 0.875 bits per heavy atom. The van der Waals surface area contributed by atoms with Crippen molar-refractivity contribution in [3.8, 4) is 17.2 Å². The maximum absolute atomic E-state index is 13.8. The summed E-state index contributed by atoms with van der Waals surface area (Å²) in [6.45, 7) is 4.42. The molecule has 3 aromatic carbocycles. The molecule has 202 valence electrons. The van der Waals surface area contributed by atoms with Gasteiger partial charge in [-0.1, -0.05) is 30.3 Å². The Morgan fingerprint density at radius 3 is 2.40 bits per heavy atom. The van der Waals surface area contributed by atoms with E-state index in [1.54, 1.807) is 54.6 Å². The minimum absolute atomic E-state index is 0.104. The van der Waals surface area contributed by atoms with E-state index >= 15 is 0 Å². The number of amides is 1. The van der Waals surface area contributed by atoms with Crippen LogP contribution in [-0.4, -0.2) is 16.7 Å². The van der Waals surface area contributed by atoms with E-state index in [9.17, 15) is 9.18 Å². The first kappa shape index (κ1) is 26.5. The highest BCUT2D eigenvalue weighted by atomic mass is 19.1. The number of carbonyl (C=O) groups excluding carboxylic acids is 1. The highest BCUT2D eigenvalue weighted by Gasteiger charge is 2.11. The molecule has 0 unspecified atom stereocenters. The zero-order valence-corrected chi connectivity index (χ0v) is 22.1. The van der Waals surface area contributed by atoms with Crippen LogP contribution >= 0.6 is 0 Å². The summed E-state index contributed by atoms with van der Waals surface area (Å²) in [6, 6.07) is 28.8. The number of halogens is 1. The third kappa shape index (κ3) is 6.47. The summed E-state index contributed by atoms with van der Waals surface area (Å²) in [5, 5.41) is 4.00. The molecule has 2 aromatic heterocycles. The maximum atomic E-state index is 13.8. The van der Waals surface area contributed by atoms with Crippen molar-refractivity contribution in [1.82, 2.24) is 9.99 Å². The average Bonchev–Trinajstić information content (AvgIpc) is 3.58. The van der Waals surface area contributed by atoms with E-state index in [0.717, 1.165) is 17.1 Å². The van der Waals surface area contributed by atoms with Crippen LogP contribution in [0.2, 0.25) is 0 Å². The largest absolute Gasteiger partial charge is 0.489 e. The number of nitrogens with zero attached hydrogens (tertiary/aromatic N) is 2. The molecule has 5 aromatic rings. The number of aryl methyl sites for hydroxylation is 2. The van der Waals surface area contributed by atoms with E-state index in [2.05, 4.69) is 41.1 Å². The SMILES string of the molecule is Cc1ccc(C)n1-c1ccc(OCc2ccc(C(=O)N/N=C/c3cccc(OCc4ccccc4F)c3)o2)cc1. The summed E-state index contributed by atoms with van der Waals surface area (Å²) in [5.74, 6) is 1.07. The van der Waals surface area contributed by atoms with Gasteiger partial charge in [0.1, 0.15) is 36.3 Å². The summed E-state index contributed by atoms with van der Waals surface area (Å²) in [4.78, 5) is 12.5. The number of hydrogen-bond acceptors (Lipinski definition) is 5. The molecule has 0 radical (unpaired) electrons. The maximum Gasteiger partial charge on any atom is 0.307 e. The van der Waals surface area contributed by atoms with E-state index < -0.39 is 5.91 Å². The second kappa shape index (κ2) is 12.2. The number of aromatic nitrogens is 1. The number of hydrazone groups is 1. The van der Waals surface area contributed by atoms with E-state index in [0.29, 0.717) is 28.4 Å². The molecule has 2 heterocycles. The number of ether oxygens (including phenoxy) is 2. The molecule has 40 heavy (non-hydrogen) atoms. The minimum atomic E-state index is -0.490. The monoisotopic (exact) mass is 537 g/mol. The first-order chi connectivity index (χ1) is 19.5. The van der Waals surface area contributed by atoms with Crippen LogP contribution in [0.25, 0.3) is 5.69 Å². The topological polar surface area (TPSA) is 78.0 Å². The number of rotatable bonds is 10. The number of nitrogens with one attached hydrogen (secondary N) is 1. The van der Waals surface area contributed by atoms with Crippen molar-refractivity contribution in [1.29, 1.82) is 0 Å². The number of hydrogen-bond donors (Lipinski definition) is 1. The Morgan fingerprint density at radius 2 is 1.62 bits per heavy atom. The van der Waals surface area contributed by atoms with Gasteiger partial charge >= 0.3 is 5.91 Å². The molecule has 0 atom stereocenters. The highest BCUT2D eigenvalue weighted by molar-refractivity contribution is 5.92. The molecule has 0 saturated heterocycles. The fourth-order valence-electron chi connectivity index (χ4n) is 4.18. The lowest BCUT2D eigenvalue weighted by Crippen LogP contribution is -2.16. The summed E-state index contributed by atoms with van der Waals surface area (Å²) in [7, 11) is 0. The zero-order chi connectivity index (χ0) is 27.9. The van der Waals surface area contributed by atoms with Gasteiger partial charge in [-0.05, 0) is 86.1 Å². The first-order valence-corrected chi connectivity index (χ1v) is 12.7. The van der Waals surface area contributed by atoms with Gasteiger partial charge in [-0.25, -0.2) is 9.82 Å². The van der Waals surface area contributed by atoms with Crippen molar-refractivity contribution in [2.75, 3.05) is 0 Å². The fourth-order valence-corrected chi connectivity index (χ4v) is 4.18. The zero-order valence-electron chi connectivity index (χ0n) is 22.1. The van der Waals surface area contributed by atoms with Gasteiger partial charge < -0.3 is 18.5 Å². The first-order valence-electron chi connectivity index (χ1n) is 12.7. The molecular weight excluding hydrogens is 509 g/mol. The molecule has 8 heteroatoms. The highest BCUT2D eigenvalue weighted by Crippen LogP contribution is 2.21. The van der Waals surface area contributed by atoms with E-state index in [1.807, 2.05) is 24.3 Å². The lowest BCUT2D eigenvalue weighted by molar-refractivity contribution is 0.0923. The van der Waals surface area contributed by atoms with Gasteiger partial charge in [0.05, 0.1) is 6.21 Å². The number of furan rings is 1. The van der Waals surface area contributed by atoms with Crippen LogP contribution in [0.3, 0.4) is 0 Å². The standard InChI is InChI=1S/C32H28FN3O4/c1-22-10-11-23(2)36(22)26-12-14-27(15-13-26)39-21-29-16-17-31(40-29)32(37)35-34-19-24-6-5-8-28(18-24)38-20-25-7-3-4-9-30(25)33/h3-19H,20-21H2,1-2H3,(H,35,37)/b34-19+. The Hall–Kier alpha value is -5.11. The number of carbonyl (C=O) groups is 1. The summed E-state index contributed by atoms with van der Waals surface area (Å²) in [6.07, 6.45) is 1.49. The van der Waals surface area contributed by atoms with Crippen LogP contribution in [-0.2, 0) is 13.2 Å². The second-order valence-corrected chi connectivity index (χ2v) is 9.15. The molecular formula is C32H28FN3O4. The van der Waals surface area contributed by atoms with E-state index in [1.165, 1.54) is 12.3 Å². The Balaban J connectivity index is 1.11. The molecule has 0 aliphatic heterocycles. The smallest absolute Gasteiger partial charge is 0.307 e. The van der Waals surface area contributed by atoms with E-state index in [-0.39, 0.29) is 24.8 Å². The predicted molar refractivity (Wildman–Crippen MR) is 151 cm³/mol. The lowest BCUT2D eigenvalue weighted by atomic mass is 10.2. The van der Waals surface area contributed by atoms with Gasteiger partial charge in [0.25, 0.3) is 0 Å². The van der Waals surface area contributed by atoms with Crippen molar-refractivity contribution >= 4 is 12.1 Å². The molecule has 0 saturated carbocycles. The predicted octanol–water partition coefficient (Wildman–Crippen LogP) is 6.75. The minimum Gasteiger partial charge on any atom is -0.489 e. The summed E-state index contributed by atoms with van der Waals surface area (Å²) in [5.41, 5.74) is 7.01. The summed E-state index contributed by atoms with van der Waals surface area (Å²) >= 11 is 0. The van der Waals surface area contributed by atoms with Crippen molar-refractivity contribution < 1.29 is 23.1 Å². The van der Waals surface area contributed by atoms with Crippen molar-refractivity contribution in [2.24, 2.45) is 5.10 Å².